The number of hydrogen-bond acceptors (Lipinski definition) is 7. The lowest BCUT2D eigenvalue weighted by Crippen LogP contribution is -2.47. The molecule has 20 heavy (non-hydrogen) atoms. The first kappa shape index (κ1) is 15.2. The standard InChI is InChI=1S/C12H21ClN6O/c1-2-3-14-11-15-10(13)16-12(17-11)19-6-4-18(5-7-19)8-9-20/h20H,2-9H2,1H3,(H,14,15,16,17). The SMILES string of the molecule is CCCNc1nc(Cl)nc(N2CCN(CCO)CC2)n1. The number of anilines is 2. The van der Waals surface area contributed by atoms with Gasteiger partial charge in [0.2, 0.25) is 17.2 Å². The lowest BCUT2D eigenvalue weighted by molar-refractivity contribution is 0.188. The van der Waals surface area contributed by atoms with Crippen LogP contribution in [-0.4, -0.2) is 70.8 Å². The van der Waals surface area contributed by atoms with Crippen molar-refractivity contribution in [1.82, 2.24) is 19.9 Å². The van der Waals surface area contributed by atoms with E-state index in [4.69, 9.17) is 16.7 Å². The Morgan fingerprint density at radius 3 is 2.60 bits per heavy atom. The van der Waals surface area contributed by atoms with E-state index in [2.05, 4.69) is 37.0 Å². The van der Waals surface area contributed by atoms with E-state index >= 15 is 0 Å². The van der Waals surface area contributed by atoms with Crippen LogP contribution in [-0.2, 0) is 0 Å². The second-order valence-electron chi connectivity index (χ2n) is 4.71. The molecule has 0 amide bonds. The third kappa shape index (κ3) is 4.16. The predicted octanol–water partition coefficient (Wildman–Crippen LogP) is 0.461. The lowest BCUT2D eigenvalue weighted by atomic mass is 10.3. The van der Waals surface area contributed by atoms with Crippen LogP contribution in [0.4, 0.5) is 11.9 Å². The summed E-state index contributed by atoms with van der Waals surface area (Å²) in [6.45, 7) is 7.24. The molecule has 1 saturated heterocycles. The number of aliphatic hydroxyl groups excluding tert-OH is 1. The number of rotatable bonds is 6. The summed E-state index contributed by atoms with van der Waals surface area (Å²) in [4.78, 5) is 17.0. The zero-order valence-electron chi connectivity index (χ0n) is 11.7. The molecule has 0 aromatic carbocycles. The van der Waals surface area contributed by atoms with Crippen LogP contribution in [0.2, 0.25) is 5.28 Å². The van der Waals surface area contributed by atoms with Gasteiger partial charge in [-0.05, 0) is 18.0 Å². The van der Waals surface area contributed by atoms with Gasteiger partial charge in [0, 0.05) is 39.3 Å². The van der Waals surface area contributed by atoms with Gasteiger partial charge in [0.05, 0.1) is 6.61 Å². The van der Waals surface area contributed by atoms with E-state index in [0.717, 1.165) is 45.7 Å². The van der Waals surface area contributed by atoms with Gasteiger partial charge in [-0.2, -0.15) is 15.0 Å². The fraction of sp³-hybridized carbons (Fsp3) is 0.750. The molecule has 2 N–H and O–H groups in total. The maximum Gasteiger partial charge on any atom is 0.231 e. The first-order chi connectivity index (χ1) is 9.72. The second-order valence-corrected chi connectivity index (χ2v) is 5.05. The molecule has 0 saturated carbocycles. The summed E-state index contributed by atoms with van der Waals surface area (Å²) in [6.07, 6.45) is 0.998. The minimum atomic E-state index is 0.197. The first-order valence-electron chi connectivity index (χ1n) is 6.96. The van der Waals surface area contributed by atoms with Crippen molar-refractivity contribution in [3.8, 4) is 0 Å². The molecule has 2 heterocycles. The number of aliphatic hydroxyl groups is 1. The molecule has 8 heteroatoms. The molecule has 0 radical (unpaired) electrons. The Morgan fingerprint density at radius 1 is 1.20 bits per heavy atom. The molecule has 1 aromatic rings. The molecule has 2 rings (SSSR count). The van der Waals surface area contributed by atoms with Crippen molar-refractivity contribution in [1.29, 1.82) is 0 Å². The number of nitrogens with one attached hydrogen (secondary N) is 1. The molecule has 1 aliphatic rings. The number of piperazine rings is 1. The highest BCUT2D eigenvalue weighted by atomic mass is 35.5. The van der Waals surface area contributed by atoms with Crippen LogP contribution in [0.1, 0.15) is 13.3 Å². The minimum absolute atomic E-state index is 0.197. The third-order valence-electron chi connectivity index (χ3n) is 3.20. The minimum Gasteiger partial charge on any atom is -0.395 e. The zero-order chi connectivity index (χ0) is 14.4. The maximum atomic E-state index is 8.94. The summed E-state index contributed by atoms with van der Waals surface area (Å²) in [5.41, 5.74) is 0. The number of nitrogens with zero attached hydrogens (tertiary/aromatic N) is 5. The van der Waals surface area contributed by atoms with E-state index in [-0.39, 0.29) is 11.9 Å². The molecule has 1 aliphatic heterocycles. The number of halogens is 1. The Bertz CT molecular complexity index is 424. The summed E-state index contributed by atoms with van der Waals surface area (Å²) < 4.78 is 0. The summed E-state index contributed by atoms with van der Waals surface area (Å²) in [6, 6.07) is 0. The van der Waals surface area contributed by atoms with Gasteiger partial charge in [0.25, 0.3) is 0 Å². The zero-order valence-corrected chi connectivity index (χ0v) is 12.5. The smallest absolute Gasteiger partial charge is 0.231 e. The summed E-state index contributed by atoms with van der Waals surface area (Å²) >= 11 is 5.95. The molecule has 0 spiro atoms. The third-order valence-corrected chi connectivity index (χ3v) is 3.37. The van der Waals surface area contributed by atoms with Crippen LogP contribution in [0.15, 0.2) is 0 Å². The predicted molar refractivity (Wildman–Crippen MR) is 79.4 cm³/mol. The molecular weight excluding hydrogens is 280 g/mol. The molecule has 1 fully saturated rings. The molecule has 0 atom stereocenters. The number of hydrogen-bond donors (Lipinski definition) is 2. The Hall–Kier alpha value is -1.18. The van der Waals surface area contributed by atoms with E-state index in [9.17, 15) is 0 Å². The van der Waals surface area contributed by atoms with Crippen LogP contribution >= 0.6 is 11.6 Å². The molecule has 0 bridgehead atoms. The van der Waals surface area contributed by atoms with Gasteiger partial charge < -0.3 is 15.3 Å². The van der Waals surface area contributed by atoms with E-state index in [1.54, 1.807) is 0 Å². The van der Waals surface area contributed by atoms with Crippen LogP contribution in [0.3, 0.4) is 0 Å². The van der Waals surface area contributed by atoms with E-state index in [1.165, 1.54) is 0 Å². The van der Waals surface area contributed by atoms with Crippen molar-refractivity contribution in [3.05, 3.63) is 5.28 Å². The fourth-order valence-corrected chi connectivity index (χ4v) is 2.27. The van der Waals surface area contributed by atoms with Gasteiger partial charge in [-0.15, -0.1) is 0 Å². The number of aromatic nitrogens is 3. The number of β-amino-alcohol motifs (C(OH)–C–C–N with tert-alkyl or cyclic N) is 1. The highest BCUT2D eigenvalue weighted by Gasteiger charge is 2.19. The molecule has 0 aliphatic carbocycles. The van der Waals surface area contributed by atoms with Gasteiger partial charge >= 0.3 is 0 Å². The lowest BCUT2D eigenvalue weighted by Gasteiger charge is -2.34. The van der Waals surface area contributed by atoms with Crippen molar-refractivity contribution >= 4 is 23.5 Å². The fourth-order valence-electron chi connectivity index (χ4n) is 2.11. The van der Waals surface area contributed by atoms with Crippen molar-refractivity contribution in [2.24, 2.45) is 0 Å². The Kier molecular flexibility index (Phi) is 5.75. The van der Waals surface area contributed by atoms with Crippen molar-refractivity contribution < 1.29 is 5.11 Å². The van der Waals surface area contributed by atoms with Gasteiger partial charge in [-0.3, -0.25) is 4.90 Å². The second kappa shape index (κ2) is 7.56. The van der Waals surface area contributed by atoms with Crippen LogP contribution in [0.5, 0.6) is 0 Å². The average molecular weight is 301 g/mol. The Labute approximate surface area is 124 Å². The molecular formula is C12H21ClN6O. The highest BCUT2D eigenvalue weighted by molar-refractivity contribution is 6.28. The molecule has 1 aromatic heterocycles. The van der Waals surface area contributed by atoms with Gasteiger partial charge in [0.1, 0.15) is 0 Å². The topological polar surface area (TPSA) is 77.4 Å². The van der Waals surface area contributed by atoms with Crippen LogP contribution < -0.4 is 10.2 Å². The van der Waals surface area contributed by atoms with Crippen LogP contribution in [0.25, 0.3) is 0 Å². The van der Waals surface area contributed by atoms with E-state index in [0.29, 0.717) is 11.9 Å². The van der Waals surface area contributed by atoms with Crippen molar-refractivity contribution in [3.63, 3.8) is 0 Å². The Morgan fingerprint density at radius 2 is 1.95 bits per heavy atom. The average Bonchev–Trinajstić information content (AvgIpc) is 2.46. The quantitative estimate of drug-likeness (QED) is 0.790. The molecule has 0 unspecified atom stereocenters. The molecule has 112 valence electrons. The highest BCUT2D eigenvalue weighted by Crippen LogP contribution is 2.15. The summed E-state index contributed by atoms with van der Waals surface area (Å²) in [7, 11) is 0. The van der Waals surface area contributed by atoms with Crippen molar-refractivity contribution in [2.75, 3.05) is 56.1 Å². The van der Waals surface area contributed by atoms with Gasteiger partial charge in [-0.25, -0.2) is 0 Å². The first-order valence-corrected chi connectivity index (χ1v) is 7.34. The van der Waals surface area contributed by atoms with Gasteiger partial charge in [0.15, 0.2) is 0 Å². The largest absolute Gasteiger partial charge is 0.395 e. The van der Waals surface area contributed by atoms with Crippen molar-refractivity contribution in [2.45, 2.75) is 13.3 Å². The van der Waals surface area contributed by atoms with Crippen LogP contribution in [0, 0.1) is 0 Å². The summed E-state index contributed by atoms with van der Waals surface area (Å²) in [5.74, 6) is 1.15. The maximum absolute atomic E-state index is 8.94. The normalized spacial score (nSPS) is 16.4. The van der Waals surface area contributed by atoms with Gasteiger partial charge in [-0.1, -0.05) is 6.92 Å². The monoisotopic (exact) mass is 300 g/mol. The Balaban J connectivity index is 2.00. The van der Waals surface area contributed by atoms with E-state index < -0.39 is 0 Å². The molecule has 7 nitrogen and oxygen atoms in total. The van der Waals surface area contributed by atoms with E-state index in [1.807, 2.05) is 0 Å². The summed E-state index contributed by atoms with van der Waals surface area (Å²) in [5, 5.41) is 12.3.